The molecule has 4 aromatic carbocycles. The summed E-state index contributed by atoms with van der Waals surface area (Å²) in [6.45, 7) is 13.5. The smallest absolute Gasteiger partial charge is 0.00258 e. The van der Waals surface area contributed by atoms with Crippen molar-refractivity contribution in [3.05, 3.63) is 143 Å². The molecule has 0 aliphatic carbocycles. The average molecular weight is 449 g/mol. The molecule has 0 unspecified atom stereocenters. The fraction of sp³-hybridized carbons (Fsp3) is 0.294. The first-order chi connectivity index (χ1) is 16.1. The first kappa shape index (κ1) is 25.5. The Morgan fingerprint density at radius 3 is 0.882 bits per heavy atom. The molecule has 0 heterocycles. The Hall–Kier alpha value is -3.12. The van der Waals surface area contributed by atoms with Crippen LogP contribution < -0.4 is 0 Å². The molecule has 0 heteroatoms. The van der Waals surface area contributed by atoms with Gasteiger partial charge in [0.1, 0.15) is 0 Å². The zero-order chi connectivity index (χ0) is 24.6. The predicted octanol–water partition coefficient (Wildman–Crippen LogP) is 9.15. The Labute approximate surface area is 207 Å². The van der Waals surface area contributed by atoms with Crippen LogP contribution in [0.5, 0.6) is 0 Å². The Balaban J connectivity index is 0.000000212. The maximum absolute atomic E-state index is 2.26. The zero-order valence-corrected chi connectivity index (χ0v) is 21.8. The summed E-state index contributed by atoms with van der Waals surface area (Å²) in [7, 11) is 0. The molecule has 0 N–H and O–H groups in total. The molecule has 0 fully saturated rings. The van der Waals surface area contributed by atoms with Crippen LogP contribution in [0.25, 0.3) is 0 Å². The highest BCUT2D eigenvalue weighted by Crippen LogP contribution is 2.25. The van der Waals surface area contributed by atoms with Crippen molar-refractivity contribution in [1.29, 1.82) is 0 Å². The Kier molecular flexibility index (Phi) is 8.51. The minimum absolute atomic E-state index is 0.229. The van der Waals surface area contributed by atoms with E-state index in [1.807, 2.05) is 0 Å². The quantitative estimate of drug-likeness (QED) is 0.292. The first-order valence-corrected chi connectivity index (χ1v) is 12.4. The van der Waals surface area contributed by atoms with Crippen LogP contribution >= 0.6 is 0 Å². The van der Waals surface area contributed by atoms with Gasteiger partial charge in [0.2, 0.25) is 0 Å². The summed E-state index contributed by atoms with van der Waals surface area (Å²) in [5, 5.41) is 0. The summed E-state index contributed by atoms with van der Waals surface area (Å²) in [5.74, 6) is 0. The van der Waals surface area contributed by atoms with E-state index in [2.05, 4.69) is 151 Å². The third-order valence-electron chi connectivity index (χ3n) is 6.14. The van der Waals surface area contributed by atoms with Gasteiger partial charge < -0.3 is 0 Å². The van der Waals surface area contributed by atoms with Gasteiger partial charge in [0, 0.05) is 0 Å². The molecule has 0 amide bonds. The van der Waals surface area contributed by atoms with E-state index in [9.17, 15) is 0 Å². The van der Waals surface area contributed by atoms with Crippen LogP contribution in [0.1, 0.15) is 74.9 Å². The average Bonchev–Trinajstić information content (AvgIpc) is 2.80. The molecule has 0 atom stereocenters. The third-order valence-corrected chi connectivity index (χ3v) is 6.14. The van der Waals surface area contributed by atoms with Gasteiger partial charge in [-0.05, 0) is 57.1 Å². The number of rotatable bonds is 4. The van der Waals surface area contributed by atoms with E-state index in [0.717, 1.165) is 12.8 Å². The van der Waals surface area contributed by atoms with Crippen molar-refractivity contribution in [2.75, 3.05) is 0 Å². The van der Waals surface area contributed by atoms with E-state index in [1.54, 1.807) is 0 Å². The van der Waals surface area contributed by atoms with Gasteiger partial charge in [-0.25, -0.2) is 0 Å². The highest BCUT2D eigenvalue weighted by atomic mass is 14.2. The summed E-state index contributed by atoms with van der Waals surface area (Å²) in [6.07, 6.45) is 2.04. The summed E-state index contributed by atoms with van der Waals surface area (Å²) in [4.78, 5) is 0. The molecule has 0 spiro atoms. The van der Waals surface area contributed by atoms with E-state index < -0.39 is 0 Å². The molecule has 0 aliphatic heterocycles. The standard InChI is InChI=1S/C21H28.C13H12/c1-20(2,3)18-11-7-16(8-12-18)15-17-9-13-19(14-10-17)21(4,5)6;1-3-7-12(8-4-1)11-13-9-5-2-6-10-13/h7-14H,15H2,1-6H3;1-10H,11H2. The lowest BCUT2D eigenvalue weighted by molar-refractivity contribution is 0.590. The highest BCUT2D eigenvalue weighted by Gasteiger charge is 2.14. The molecule has 0 radical (unpaired) electrons. The van der Waals surface area contributed by atoms with Gasteiger partial charge in [0.05, 0.1) is 0 Å². The number of benzene rings is 4. The summed E-state index contributed by atoms with van der Waals surface area (Å²) >= 11 is 0. The van der Waals surface area contributed by atoms with Crippen LogP contribution in [0.3, 0.4) is 0 Å². The molecular formula is C34H40. The van der Waals surface area contributed by atoms with Crippen molar-refractivity contribution in [1.82, 2.24) is 0 Å². The van der Waals surface area contributed by atoms with Gasteiger partial charge in [0.25, 0.3) is 0 Å². The maximum atomic E-state index is 2.26. The summed E-state index contributed by atoms with van der Waals surface area (Å²) in [6, 6.07) is 39.2. The second-order valence-corrected chi connectivity index (χ2v) is 11.2. The van der Waals surface area contributed by atoms with E-state index >= 15 is 0 Å². The van der Waals surface area contributed by atoms with Crippen molar-refractivity contribution in [2.45, 2.75) is 65.2 Å². The minimum Gasteiger partial charge on any atom is -0.0622 e. The van der Waals surface area contributed by atoms with Crippen LogP contribution in [-0.4, -0.2) is 0 Å². The first-order valence-electron chi connectivity index (χ1n) is 12.4. The molecule has 0 bridgehead atoms. The van der Waals surface area contributed by atoms with E-state index in [-0.39, 0.29) is 10.8 Å². The van der Waals surface area contributed by atoms with Crippen molar-refractivity contribution in [3.8, 4) is 0 Å². The predicted molar refractivity (Wildman–Crippen MR) is 149 cm³/mol. The molecule has 34 heavy (non-hydrogen) atoms. The molecule has 0 saturated heterocycles. The molecule has 0 aromatic heterocycles. The SMILES string of the molecule is CC(C)(C)c1ccc(Cc2ccc(C(C)(C)C)cc2)cc1.c1ccc(Cc2ccccc2)cc1. The van der Waals surface area contributed by atoms with Crippen molar-refractivity contribution < 1.29 is 0 Å². The highest BCUT2D eigenvalue weighted by molar-refractivity contribution is 5.34. The van der Waals surface area contributed by atoms with Gasteiger partial charge in [-0.2, -0.15) is 0 Å². The van der Waals surface area contributed by atoms with Gasteiger partial charge in [-0.1, -0.05) is 151 Å². The van der Waals surface area contributed by atoms with Gasteiger partial charge in [-0.3, -0.25) is 0 Å². The van der Waals surface area contributed by atoms with Crippen molar-refractivity contribution in [3.63, 3.8) is 0 Å². The van der Waals surface area contributed by atoms with Crippen molar-refractivity contribution in [2.24, 2.45) is 0 Å². The molecule has 0 saturated carbocycles. The maximum Gasteiger partial charge on any atom is -0.00258 e. The second kappa shape index (κ2) is 11.3. The number of hydrogen-bond acceptors (Lipinski definition) is 0. The monoisotopic (exact) mass is 448 g/mol. The van der Waals surface area contributed by atoms with Crippen LogP contribution in [0.4, 0.5) is 0 Å². The topological polar surface area (TPSA) is 0 Å². The normalized spacial score (nSPS) is 11.5. The minimum atomic E-state index is 0.229. The van der Waals surface area contributed by atoms with Gasteiger partial charge in [0.15, 0.2) is 0 Å². The van der Waals surface area contributed by atoms with Gasteiger partial charge in [-0.15, -0.1) is 0 Å². The van der Waals surface area contributed by atoms with Crippen LogP contribution in [0.15, 0.2) is 109 Å². The van der Waals surface area contributed by atoms with E-state index in [1.165, 1.54) is 33.4 Å². The van der Waals surface area contributed by atoms with Crippen LogP contribution in [0, 0.1) is 0 Å². The van der Waals surface area contributed by atoms with E-state index in [0.29, 0.717) is 0 Å². The lowest BCUT2D eigenvalue weighted by Crippen LogP contribution is -2.11. The fourth-order valence-corrected chi connectivity index (χ4v) is 3.91. The third kappa shape index (κ3) is 8.03. The van der Waals surface area contributed by atoms with E-state index in [4.69, 9.17) is 0 Å². The molecule has 0 nitrogen and oxygen atoms in total. The number of hydrogen-bond donors (Lipinski definition) is 0. The van der Waals surface area contributed by atoms with Crippen LogP contribution in [-0.2, 0) is 23.7 Å². The van der Waals surface area contributed by atoms with Crippen LogP contribution in [0.2, 0.25) is 0 Å². The second-order valence-electron chi connectivity index (χ2n) is 11.2. The zero-order valence-electron chi connectivity index (χ0n) is 21.8. The lowest BCUT2D eigenvalue weighted by atomic mass is 9.85. The molecule has 4 rings (SSSR count). The fourth-order valence-electron chi connectivity index (χ4n) is 3.91. The molecule has 0 aliphatic rings. The lowest BCUT2D eigenvalue weighted by Gasteiger charge is -2.20. The Bertz CT molecular complexity index is 1010. The summed E-state index contributed by atoms with van der Waals surface area (Å²) < 4.78 is 0. The van der Waals surface area contributed by atoms with Crippen molar-refractivity contribution >= 4 is 0 Å². The molecule has 4 aromatic rings. The Morgan fingerprint density at radius 1 is 0.353 bits per heavy atom. The largest absolute Gasteiger partial charge is 0.0622 e. The van der Waals surface area contributed by atoms with Gasteiger partial charge >= 0.3 is 0 Å². The summed E-state index contributed by atoms with van der Waals surface area (Å²) in [5.41, 5.74) is 8.75. The molecule has 176 valence electrons. The molecular weight excluding hydrogens is 408 g/mol. The Morgan fingerprint density at radius 2 is 0.618 bits per heavy atom.